The summed E-state index contributed by atoms with van der Waals surface area (Å²) in [6, 6.07) is 10.9. The maximum Gasteiger partial charge on any atom is 0.309 e. The van der Waals surface area contributed by atoms with E-state index in [1.807, 2.05) is 0 Å². The van der Waals surface area contributed by atoms with Gasteiger partial charge in [-0.2, -0.15) is 4.31 Å². The van der Waals surface area contributed by atoms with Crippen molar-refractivity contribution < 1.29 is 31.9 Å². The van der Waals surface area contributed by atoms with Crippen molar-refractivity contribution in [1.29, 1.82) is 0 Å². The molecule has 0 saturated carbocycles. The number of rotatable bonds is 7. The van der Waals surface area contributed by atoms with Gasteiger partial charge in [0.1, 0.15) is 5.82 Å². The van der Waals surface area contributed by atoms with E-state index >= 15 is 0 Å². The SMILES string of the molecule is CC(=O)c1ccc(S(=O)(=O)N2CCC(C(=O)OC(C)C(=O)Nc3ccc(F)cc3)CC2)cc1. The summed E-state index contributed by atoms with van der Waals surface area (Å²) < 4.78 is 45.2. The fourth-order valence-corrected chi connectivity index (χ4v) is 4.91. The molecule has 1 aliphatic rings. The van der Waals surface area contributed by atoms with E-state index in [2.05, 4.69) is 5.32 Å². The third-order valence-corrected chi connectivity index (χ3v) is 7.37. The normalized spacial score (nSPS) is 16.1. The largest absolute Gasteiger partial charge is 0.452 e. The van der Waals surface area contributed by atoms with Crippen LogP contribution in [0.4, 0.5) is 10.1 Å². The molecule has 0 spiro atoms. The van der Waals surface area contributed by atoms with Gasteiger partial charge in [-0.05, 0) is 63.1 Å². The number of amides is 1. The zero-order chi connectivity index (χ0) is 24.2. The number of nitrogens with zero attached hydrogens (tertiary/aromatic N) is 1. The second kappa shape index (κ2) is 10.2. The third-order valence-electron chi connectivity index (χ3n) is 5.46. The van der Waals surface area contributed by atoms with Crippen molar-refractivity contribution in [3.8, 4) is 0 Å². The first-order chi connectivity index (χ1) is 15.6. The Balaban J connectivity index is 1.53. The van der Waals surface area contributed by atoms with Crippen LogP contribution < -0.4 is 5.32 Å². The minimum Gasteiger partial charge on any atom is -0.452 e. The molecule has 10 heteroatoms. The Kier molecular flexibility index (Phi) is 7.60. The predicted molar refractivity (Wildman–Crippen MR) is 119 cm³/mol. The number of Topliss-reactive ketones (excluding diaryl/α,β-unsaturated/α-hetero) is 1. The molecule has 0 aromatic heterocycles. The number of benzene rings is 2. The molecule has 2 aromatic carbocycles. The number of hydrogen-bond donors (Lipinski definition) is 1. The fourth-order valence-electron chi connectivity index (χ4n) is 3.44. The van der Waals surface area contributed by atoms with Gasteiger partial charge in [0.25, 0.3) is 5.91 Å². The van der Waals surface area contributed by atoms with E-state index in [1.54, 1.807) is 0 Å². The Labute approximate surface area is 191 Å². The average molecular weight is 477 g/mol. The molecule has 0 aliphatic carbocycles. The highest BCUT2D eigenvalue weighted by atomic mass is 32.2. The van der Waals surface area contributed by atoms with Crippen LogP contribution in [-0.2, 0) is 24.3 Å². The Morgan fingerprint density at radius 2 is 1.61 bits per heavy atom. The van der Waals surface area contributed by atoms with Gasteiger partial charge in [0.05, 0.1) is 10.8 Å². The molecule has 3 rings (SSSR count). The lowest BCUT2D eigenvalue weighted by atomic mass is 9.98. The highest BCUT2D eigenvalue weighted by Gasteiger charge is 2.34. The predicted octanol–water partition coefficient (Wildman–Crippen LogP) is 3.00. The molecule has 8 nitrogen and oxygen atoms in total. The van der Waals surface area contributed by atoms with Crippen LogP contribution >= 0.6 is 0 Å². The smallest absolute Gasteiger partial charge is 0.309 e. The van der Waals surface area contributed by atoms with Crippen LogP contribution in [0.15, 0.2) is 53.4 Å². The van der Waals surface area contributed by atoms with E-state index in [9.17, 15) is 27.2 Å². The molecule has 176 valence electrons. The zero-order valence-corrected chi connectivity index (χ0v) is 19.1. The first-order valence-corrected chi connectivity index (χ1v) is 11.9. The standard InChI is InChI=1S/C23H25FN2O6S/c1-15(27)17-3-9-21(10-4-17)33(30,31)26-13-11-18(12-14-26)23(29)32-16(2)22(28)25-20-7-5-19(24)6-8-20/h3-10,16,18H,11-14H2,1-2H3,(H,25,28). The average Bonchev–Trinajstić information content (AvgIpc) is 2.80. The Hall–Kier alpha value is -3.11. The van der Waals surface area contributed by atoms with Crippen molar-refractivity contribution in [1.82, 2.24) is 4.31 Å². The number of sulfonamides is 1. The molecular weight excluding hydrogens is 451 g/mol. The summed E-state index contributed by atoms with van der Waals surface area (Å²) in [5.41, 5.74) is 0.798. The minimum absolute atomic E-state index is 0.0830. The summed E-state index contributed by atoms with van der Waals surface area (Å²) in [5, 5.41) is 2.54. The molecule has 1 heterocycles. The molecule has 1 aliphatic heterocycles. The van der Waals surface area contributed by atoms with Crippen molar-refractivity contribution in [2.24, 2.45) is 5.92 Å². The van der Waals surface area contributed by atoms with Crippen LogP contribution in [-0.4, -0.2) is 49.6 Å². The van der Waals surface area contributed by atoms with E-state index in [4.69, 9.17) is 4.74 Å². The van der Waals surface area contributed by atoms with Gasteiger partial charge < -0.3 is 10.1 Å². The lowest BCUT2D eigenvalue weighted by Gasteiger charge is -2.30. The van der Waals surface area contributed by atoms with Crippen molar-refractivity contribution in [3.05, 3.63) is 59.9 Å². The fraction of sp³-hybridized carbons (Fsp3) is 0.348. The molecule has 1 fully saturated rings. The van der Waals surface area contributed by atoms with Gasteiger partial charge in [0.15, 0.2) is 11.9 Å². The topological polar surface area (TPSA) is 110 Å². The number of ether oxygens (including phenoxy) is 1. The first kappa shape index (κ1) is 24.5. The number of carbonyl (C=O) groups excluding carboxylic acids is 3. The molecular formula is C23H25FN2O6S. The lowest BCUT2D eigenvalue weighted by Crippen LogP contribution is -2.41. The molecule has 1 saturated heterocycles. The van der Waals surface area contributed by atoms with E-state index < -0.39 is 39.7 Å². The van der Waals surface area contributed by atoms with Crippen LogP contribution in [0.25, 0.3) is 0 Å². The number of esters is 1. The van der Waals surface area contributed by atoms with Gasteiger partial charge in [-0.3, -0.25) is 14.4 Å². The Bertz CT molecular complexity index is 1120. The zero-order valence-electron chi connectivity index (χ0n) is 18.3. The number of hydrogen-bond acceptors (Lipinski definition) is 6. The number of carbonyl (C=O) groups is 3. The van der Waals surface area contributed by atoms with Crippen LogP contribution in [0.5, 0.6) is 0 Å². The molecule has 0 bridgehead atoms. The number of anilines is 1. The summed E-state index contributed by atoms with van der Waals surface area (Å²) in [5.74, 6) is -2.24. The van der Waals surface area contributed by atoms with E-state index in [-0.39, 0.29) is 36.6 Å². The van der Waals surface area contributed by atoms with E-state index in [1.165, 1.54) is 66.7 Å². The van der Waals surface area contributed by atoms with E-state index in [0.29, 0.717) is 11.3 Å². The van der Waals surface area contributed by atoms with Crippen molar-refractivity contribution in [2.45, 2.75) is 37.7 Å². The molecule has 33 heavy (non-hydrogen) atoms. The van der Waals surface area contributed by atoms with Gasteiger partial charge >= 0.3 is 5.97 Å². The van der Waals surface area contributed by atoms with Gasteiger partial charge in [-0.15, -0.1) is 0 Å². The van der Waals surface area contributed by atoms with Crippen molar-refractivity contribution in [2.75, 3.05) is 18.4 Å². The summed E-state index contributed by atoms with van der Waals surface area (Å²) in [6.45, 7) is 3.10. The quantitative estimate of drug-likeness (QED) is 0.486. The minimum atomic E-state index is -3.75. The van der Waals surface area contributed by atoms with Gasteiger partial charge in [0.2, 0.25) is 10.0 Å². The second-order valence-electron chi connectivity index (χ2n) is 7.83. The molecule has 1 atom stereocenters. The Morgan fingerprint density at radius 3 is 2.15 bits per heavy atom. The maximum atomic E-state index is 13.0. The number of halogens is 1. The summed E-state index contributed by atoms with van der Waals surface area (Å²) in [4.78, 5) is 36.2. The summed E-state index contributed by atoms with van der Waals surface area (Å²) in [7, 11) is -3.75. The Morgan fingerprint density at radius 1 is 1.03 bits per heavy atom. The molecule has 1 unspecified atom stereocenters. The third kappa shape index (κ3) is 6.02. The molecule has 1 amide bonds. The summed E-state index contributed by atoms with van der Waals surface area (Å²) >= 11 is 0. The van der Waals surface area contributed by atoms with Crippen LogP contribution in [0.2, 0.25) is 0 Å². The highest BCUT2D eigenvalue weighted by molar-refractivity contribution is 7.89. The maximum absolute atomic E-state index is 13.0. The van der Waals surface area contributed by atoms with Crippen LogP contribution in [0.1, 0.15) is 37.0 Å². The van der Waals surface area contributed by atoms with Crippen LogP contribution in [0, 0.1) is 11.7 Å². The molecule has 2 aromatic rings. The molecule has 0 radical (unpaired) electrons. The number of piperidine rings is 1. The first-order valence-electron chi connectivity index (χ1n) is 10.5. The van der Waals surface area contributed by atoms with Gasteiger partial charge in [-0.25, -0.2) is 12.8 Å². The van der Waals surface area contributed by atoms with Crippen LogP contribution in [0.3, 0.4) is 0 Å². The molecule has 1 N–H and O–H groups in total. The lowest BCUT2D eigenvalue weighted by molar-refractivity contribution is -0.158. The van der Waals surface area contributed by atoms with Gasteiger partial charge in [0, 0.05) is 24.3 Å². The second-order valence-corrected chi connectivity index (χ2v) is 9.77. The van der Waals surface area contributed by atoms with Crippen molar-refractivity contribution >= 4 is 33.4 Å². The summed E-state index contributed by atoms with van der Waals surface area (Å²) in [6.07, 6.45) is -0.546. The highest BCUT2D eigenvalue weighted by Crippen LogP contribution is 2.25. The number of nitrogens with one attached hydrogen (secondary N) is 1. The van der Waals surface area contributed by atoms with Gasteiger partial charge in [-0.1, -0.05) is 12.1 Å². The van der Waals surface area contributed by atoms with Crippen molar-refractivity contribution in [3.63, 3.8) is 0 Å². The monoisotopic (exact) mass is 476 g/mol. The number of ketones is 1. The van der Waals surface area contributed by atoms with E-state index in [0.717, 1.165) is 0 Å².